The highest BCUT2D eigenvalue weighted by Gasteiger charge is 2.25. The Morgan fingerprint density at radius 1 is 1.25 bits per heavy atom. The van der Waals surface area contributed by atoms with Crippen molar-refractivity contribution in [2.24, 2.45) is 0 Å². The standard InChI is InChI=1S/C4H13NO2Si/c1-5-8(4,6-2)7-3/h5H,1-4H3. The van der Waals surface area contributed by atoms with E-state index in [-0.39, 0.29) is 0 Å². The van der Waals surface area contributed by atoms with E-state index in [2.05, 4.69) is 4.98 Å². The zero-order valence-corrected chi connectivity index (χ0v) is 6.82. The predicted molar refractivity (Wildman–Crippen MR) is 34.7 cm³/mol. The average Bonchev–Trinajstić information content (AvgIpc) is 1.87. The van der Waals surface area contributed by atoms with Crippen LogP contribution < -0.4 is 4.98 Å². The van der Waals surface area contributed by atoms with Gasteiger partial charge in [-0.15, -0.1) is 0 Å². The van der Waals surface area contributed by atoms with Crippen molar-refractivity contribution in [3.05, 3.63) is 0 Å². The predicted octanol–water partition coefficient (Wildman–Crippen LogP) is 0.0673. The highest BCUT2D eigenvalue weighted by Crippen LogP contribution is 1.95. The molecular weight excluding hydrogens is 122 g/mol. The molecule has 50 valence electrons. The monoisotopic (exact) mass is 135 g/mol. The first-order chi connectivity index (χ1) is 3.68. The highest BCUT2D eigenvalue weighted by atomic mass is 28.4. The summed E-state index contributed by atoms with van der Waals surface area (Å²) in [7, 11) is 3.20. The second kappa shape index (κ2) is 3.19. The zero-order valence-electron chi connectivity index (χ0n) is 5.82. The Morgan fingerprint density at radius 3 is 1.62 bits per heavy atom. The summed E-state index contributed by atoms with van der Waals surface area (Å²) in [5, 5.41) is 0. The largest absolute Gasteiger partial charge is 0.421 e. The van der Waals surface area contributed by atoms with E-state index in [4.69, 9.17) is 8.85 Å². The van der Waals surface area contributed by atoms with E-state index in [1.165, 1.54) is 0 Å². The molecule has 0 aromatic heterocycles. The summed E-state index contributed by atoms with van der Waals surface area (Å²) >= 11 is 0. The van der Waals surface area contributed by atoms with Crippen LogP contribution in [0, 0.1) is 0 Å². The maximum absolute atomic E-state index is 5.04. The van der Waals surface area contributed by atoms with Gasteiger partial charge in [0.1, 0.15) is 0 Å². The molecule has 4 heteroatoms. The fourth-order valence-electron chi connectivity index (χ4n) is 0.287. The highest BCUT2D eigenvalue weighted by molar-refractivity contribution is 6.63. The van der Waals surface area contributed by atoms with Crippen molar-refractivity contribution >= 4 is 8.72 Å². The molecule has 1 N–H and O–H groups in total. The van der Waals surface area contributed by atoms with Gasteiger partial charge in [-0.2, -0.15) is 0 Å². The minimum absolute atomic E-state index is 1.65. The van der Waals surface area contributed by atoms with E-state index >= 15 is 0 Å². The minimum atomic E-state index is -1.92. The molecule has 3 nitrogen and oxygen atoms in total. The van der Waals surface area contributed by atoms with Gasteiger partial charge < -0.3 is 8.85 Å². The summed E-state index contributed by atoms with van der Waals surface area (Å²) < 4.78 is 10.1. The van der Waals surface area contributed by atoms with Gasteiger partial charge in [0.2, 0.25) is 0 Å². The zero-order chi connectivity index (χ0) is 6.62. The summed E-state index contributed by atoms with van der Waals surface area (Å²) in [6.45, 7) is 1.94. The van der Waals surface area contributed by atoms with Crippen LogP contribution in [0.1, 0.15) is 0 Å². The molecule has 0 aromatic rings. The van der Waals surface area contributed by atoms with Crippen LogP contribution in [0.4, 0.5) is 0 Å². The van der Waals surface area contributed by atoms with E-state index < -0.39 is 8.72 Å². The van der Waals surface area contributed by atoms with Crippen molar-refractivity contribution in [3.63, 3.8) is 0 Å². The van der Waals surface area contributed by atoms with Crippen LogP contribution in [0.15, 0.2) is 0 Å². The van der Waals surface area contributed by atoms with Crippen molar-refractivity contribution in [2.75, 3.05) is 21.3 Å². The third-order valence-electron chi connectivity index (χ3n) is 1.23. The molecule has 0 aliphatic rings. The Labute approximate surface area is 51.3 Å². The van der Waals surface area contributed by atoms with Crippen LogP contribution in [0.25, 0.3) is 0 Å². The molecule has 0 radical (unpaired) electrons. The third-order valence-corrected chi connectivity index (χ3v) is 3.70. The molecule has 0 aliphatic carbocycles. The van der Waals surface area contributed by atoms with E-state index in [0.717, 1.165) is 0 Å². The third kappa shape index (κ3) is 1.91. The second-order valence-electron chi connectivity index (χ2n) is 1.60. The molecule has 0 aliphatic heterocycles. The van der Waals surface area contributed by atoms with Gasteiger partial charge in [0.05, 0.1) is 0 Å². The number of hydrogen-bond donors (Lipinski definition) is 1. The fourth-order valence-corrected chi connectivity index (χ4v) is 0.862. The normalized spacial score (nSPS) is 12.0. The van der Waals surface area contributed by atoms with E-state index in [9.17, 15) is 0 Å². The van der Waals surface area contributed by atoms with Crippen LogP contribution in [-0.2, 0) is 8.85 Å². The van der Waals surface area contributed by atoms with Gasteiger partial charge in [-0.3, -0.25) is 4.98 Å². The smallest absolute Gasteiger partial charge is 0.386 e. The molecule has 0 aromatic carbocycles. The first-order valence-corrected chi connectivity index (χ1v) is 4.79. The van der Waals surface area contributed by atoms with Crippen LogP contribution in [-0.4, -0.2) is 30.0 Å². The Balaban J connectivity index is 3.58. The Hall–Kier alpha value is 0.0969. The number of hydrogen-bond acceptors (Lipinski definition) is 3. The molecule has 0 rings (SSSR count). The maximum atomic E-state index is 5.04. The average molecular weight is 135 g/mol. The molecule has 0 unspecified atom stereocenters. The molecule has 0 amide bonds. The lowest BCUT2D eigenvalue weighted by Gasteiger charge is -2.20. The Kier molecular flexibility index (Phi) is 3.23. The summed E-state index contributed by atoms with van der Waals surface area (Å²) in [6.07, 6.45) is 0. The van der Waals surface area contributed by atoms with Crippen molar-refractivity contribution < 1.29 is 8.85 Å². The van der Waals surface area contributed by atoms with Gasteiger partial charge >= 0.3 is 8.72 Å². The number of nitrogens with one attached hydrogen (secondary N) is 1. The molecule has 0 saturated carbocycles. The lowest BCUT2D eigenvalue weighted by atomic mass is 11.6. The second-order valence-corrected chi connectivity index (χ2v) is 4.81. The molecule has 0 fully saturated rings. The van der Waals surface area contributed by atoms with Crippen LogP contribution in [0.3, 0.4) is 0 Å². The van der Waals surface area contributed by atoms with Gasteiger partial charge in [0.15, 0.2) is 0 Å². The van der Waals surface area contributed by atoms with Gasteiger partial charge in [0.25, 0.3) is 0 Å². The van der Waals surface area contributed by atoms with Crippen molar-refractivity contribution in [1.29, 1.82) is 0 Å². The molecular formula is C4H13NO2Si. The first-order valence-electron chi connectivity index (χ1n) is 2.47. The van der Waals surface area contributed by atoms with Crippen molar-refractivity contribution in [3.8, 4) is 0 Å². The van der Waals surface area contributed by atoms with Crippen LogP contribution in [0.2, 0.25) is 6.55 Å². The maximum Gasteiger partial charge on any atom is 0.421 e. The quantitative estimate of drug-likeness (QED) is 0.555. The van der Waals surface area contributed by atoms with E-state index in [0.29, 0.717) is 0 Å². The molecule has 8 heavy (non-hydrogen) atoms. The van der Waals surface area contributed by atoms with Gasteiger partial charge in [-0.1, -0.05) is 0 Å². The van der Waals surface area contributed by atoms with Crippen molar-refractivity contribution in [1.82, 2.24) is 4.98 Å². The van der Waals surface area contributed by atoms with Gasteiger partial charge in [-0.25, -0.2) is 0 Å². The summed E-state index contributed by atoms with van der Waals surface area (Å²) in [6, 6.07) is 0. The topological polar surface area (TPSA) is 30.5 Å². The summed E-state index contributed by atoms with van der Waals surface area (Å²) in [5.74, 6) is 0. The van der Waals surface area contributed by atoms with Crippen molar-refractivity contribution in [2.45, 2.75) is 6.55 Å². The summed E-state index contributed by atoms with van der Waals surface area (Å²) in [5.41, 5.74) is 0. The summed E-state index contributed by atoms with van der Waals surface area (Å²) in [4.78, 5) is 2.97. The Bertz CT molecular complexity index is 56.8. The molecule has 0 bridgehead atoms. The molecule has 0 spiro atoms. The van der Waals surface area contributed by atoms with Gasteiger partial charge in [0, 0.05) is 14.2 Å². The van der Waals surface area contributed by atoms with E-state index in [1.54, 1.807) is 14.2 Å². The number of rotatable bonds is 3. The minimum Gasteiger partial charge on any atom is -0.386 e. The molecule has 0 heterocycles. The first kappa shape index (κ1) is 8.10. The lowest BCUT2D eigenvalue weighted by molar-refractivity contribution is 0.240. The van der Waals surface area contributed by atoms with Crippen LogP contribution >= 0.6 is 0 Å². The molecule has 0 atom stereocenters. The van der Waals surface area contributed by atoms with Crippen LogP contribution in [0.5, 0.6) is 0 Å². The Morgan fingerprint density at radius 2 is 1.62 bits per heavy atom. The lowest BCUT2D eigenvalue weighted by Crippen LogP contribution is -2.49. The van der Waals surface area contributed by atoms with Gasteiger partial charge in [-0.05, 0) is 13.6 Å². The fraction of sp³-hybridized carbons (Fsp3) is 1.00. The molecule has 0 saturated heterocycles. The van der Waals surface area contributed by atoms with E-state index in [1.807, 2.05) is 13.6 Å². The SMILES string of the molecule is CN[Si](C)(OC)OC.